The van der Waals surface area contributed by atoms with Gasteiger partial charge in [-0.2, -0.15) is 0 Å². The van der Waals surface area contributed by atoms with Crippen LogP contribution in [-0.2, 0) is 11.2 Å². The quantitative estimate of drug-likeness (QED) is 0.913. The van der Waals surface area contributed by atoms with E-state index in [1.807, 2.05) is 57.2 Å². The zero-order chi connectivity index (χ0) is 16.1. The van der Waals surface area contributed by atoms with Crippen LogP contribution in [0.1, 0.15) is 35.2 Å². The Kier molecular flexibility index (Phi) is 5.21. The van der Waals surface area contributed by atoms with Crippen molar-refractivity contribution in [3.05, 3.63) is 64.7 Å². The van der Waals surface area contributed by atoms with E-state index in [4.69, 9.17) is 4.74 Å². The number of ether oxygens (including phenoxy) is 1. The zero-order valence-corrected chi connectivity index (χ0v) is 13.6. The van der Waals surface area contributed by atoms with Crippen LogP contribution in [0.3, 0.4) is 0 Å². The molecule has 3 nitrogen and oxygen atoms in total. The van der Waals surface area contributed by atoms with Gasteiger partial charge in [0, 0.05) is 5.56 Å². The summed E-state index contributed by atoms with van der Waals surface area (Å²) < 4.78 is 5.39. The Balaban J connectivity index is 2.09. The Bertz CT molecular complexity index is 664. The summed E-state index contributed by atoms with van der Waals surface area (Å²) in [6.45, 7) is 6.04. The normalized spacial score (nSPS) is 11.8. The van der Waals surface area contributed by atoms with Crippen LogP contribution in [0.2, 0.25) is 0 Å². The van der Waals surface area contributed by atoms with Crippen LogP contribution in [0.4, 0.5) is 0 Å². The topological polar surface area (TPSA) is 38.3 Å². The number of methoxy groups -OCH3 is 1. The van der Waals surface area contributed by atoms with Gasteiger partial charge in [0.05, 0.1) is 19.6 Å². The van der Waals surface area contributed by atoms with Crippen LogP contribution in [0.5, 0.6) is 5.75 Å². The van der Waals surface area contributed by atoms with Crippen molar-refractivity contribution in [1.82, 2.24) is 5.32 Å². The number of hydrogen-bond acceptors (Lipinski definition) is 2. The van der Waals surface area contributed by atoms with Crippen LogP contribution in [0, 0.1) is 13.8 Å². The van der Waals surface area contributed by atoms with Crippen molar-refractivity contribution in [2.24, 2.45) is 0 Å². The molecule has 1 atom stereocenters. The highest BCUT2D eigenvalue weighted by molar-refractivity contribution is 5.79. The van der Waals surface area contributed by atoms with E-state index in [-0.39, 0.29) is 11.9 Å². The van der Waals surface area contributed by atoms with Gasteiger partial charge in [-0.1, -0.05) is 42.0 Å². The van der Waals surface area contributed by atoms with E-state index >= 15 is 0 Å². The molecule has 0 aliphatic carbocycles. The van der Waals surface area contributed by atoms with Crippen LogP contribution in [0.25, 0.3) is 0 Å². The van der Waals surface area contributed by atoms with Gasteiger partial charge in [-0.25, -0.2) is 0 Å². The van der Waals surface area contributed by atoms with E-state index in [0.29, 0.717) is 6.42 Å². The Morgan fingerprint density at radius 2 is 1.91 bits per heavy atom. The maximum atomic E-state index is 12.3. The first-order valence-corrected chi connectivity index (χ1v) is 7.49. The van der Waals surface area contributed by atoms with Gasteiger partial charge >= 0.3 is 0 Å². The van der Waals surface area contributed by atoms with Crippen molar-refractivity contribution in [2.45, 2.75) is 33.2 Å². The van der Waals surface area contributed by atoms with Crippen LogP contribution in [0.15, 0.2) is 42.5 Å². The van der Waals surface area contributed by atoms with Crippen molar-refractivity contribution in [3.8, 4) is 5.75 Å². The second-order valence-corrected chi connectivity index (χ2v) is 5.64. The summed E-state index contributed by atoms with van der Waals surface area (Å²) in [4.78, 5) is 12.3. The van der Waals surface area contributed by atoms with Gasteiger partial charge in [-0.15, -0.1) is 0 Å². The molecular weight excluding hydrogens is 274 g/mol. The number of nitrogens with one attached hydrogen (secondary N) is 1. The van der Waals surface area contributed by atoms with Gasteiger partial charge in [0.2, 0.25) is 5.91 Å². The van der Waals surface area contributed by atoms with Crippen LogP contribution >= 0.6 is 0 Å². The molecule has 22 heavy (non-hydrogen) atoms. The molecule has 0 saturated carbocycles. The van der Waals surface area contributed by atoms with Crippen LogP contribution < -0.4 is 10.1 Å². The average Bonchev–Trinajstić information content (AvgIpc) is 2.49. The first-order valence-electron chi connectivity index (χ1n) is 7.49. The molecule has 0 bridgehead atoms. The molecule has 0 aliphatic rings. The SMILES string of the molecule is COc1ccc(C)cc1[C@@H](C)NC(=O)Cc1ccccc1C. The first-order chi connectivity index (χ1) is 10.5. The summed E-state index contributed by atoms with van der Waals surface area (Å²) in [5.41, 5.74) is 4.35. The van der Waals surface area contributed by atoms with Crippen molar-refractivity contribution >= 4 is 5.91 Å². The molecular formula is C19H23NO2. The highest BCUT2D eigenvalue weighted by Crippen LogP contribution is 2.26. The number of rotatable bonds is 5. The molecule has 116 valence electrons. The third-order valence-corrected chi connectivity index (χ3v) is 3.84. The van der Waals surface area contributed by atoms with Gasteiger partial charge in [0.15, 0.2) is 0 Å². The highest BCUT2D eigenvalue weighted by atomic mass is 16.5. The number of carbonyl (C=O) groups is 1. The zero-order valence-electron chi connectivity index (χ0n) is 13.6. The van der Waals surface area contributed by atoms with Crippen molar-refractivity contribution in [3.63, 3.8) is 0 Å². The van der Waals surface area contributed by atoms with E-state index in [0.717, 1.165) is 28.0 Å². The van der Waals surface area contributed by atoms with E-state index < -0.39 is 0 Å². The third kappa shape index (κ3) is 3.88. The van der Waals surface area contributed by atoms with Crippen LogP contribution in [-0.4, -0.2) is 13.0 Å². The Hall–Kier alpha value is -2.29. The Morgan fingerprint density at radius 3 is 2.59 bits per heavy atom. The van der Waals surface area contributed by atoms with Gasteiger partial charge in [0.25, 0.3) is 0 Å². The number of aryl methyl sites for hydroxylation is 2. The second-order valence-electron chi connectivity index (χ2n) is 5.64. The van der Waals surface area contributed by atoms with Crippen molar-refractivity contribution < 1.29 is 9.53 Å². The Labute approximate surface area is 132 Å². The summed E-state index contributed by atoms with van der Waals surface area (Å²) in [5, 5.41) is 3.05. The average molecular weight is 297 g/mol. The number of amides is 1. The van der Waals surface area contributed by atoms with Gasteiger partial charge in [-0.3, -0.25) is 4.79 Å². The molecule has 0 radical (unpaired) electrons. The monoisotopic (exact) mass is 297 g/mol. The third-order valence-electron chi connectivity index (χ3n) is 3.84. The van der Waals surface area contributed by atoms with Crippen molar-refractivity contribution in [2.75, 3.05) is 7.11 Å². The molecule has 0 fully saturated rings. The van der Waals surface area contributed by atoms with Crippen molar-refractivity contribution in [1.29, 1.82) is 0 Å². The fourth-order valence-electron chi connectivity index (χ4n) is 2.54. The molecule has 0 saturated heterocycles. The maximum Gasteiger partial charge on any atom is 0.224 e. The van der Waals surface area contributed by atoms with E-state index in [1.54, 1.807) is 7.11 Å². The molecule has 1 N–H and O–H groups in total. The van der Waals surface area contributed by atoms with E-state index in [1.165, 1.54) is 0 Å². The van der Waals surface area contributed by atoms with E-state index in [2.05, 4.69) is 11.4 Å². The standard InChI is InChI=1S/C19H23NO2/c1-13-9-10-18(22-4)17(11-13)15(3)20-19(21)12-16-8-6-5-7-14(16)2/h5-11,15H,12H2,1-4H3,(H,20,21)/t15-/m1/s1. The summed E-state index contributed by atoms with van der Waals surface area (Å²) in [7, 11) is 1.65. The minimum absolute atomic E-state index is 0.0189. The lowest BCUT2D eigenvalue weighted by Gasteiger charge is -2.18. The molecule has 0 heterocycles. The molecule has 0 aliphatic heterocycles. The van der Waals surface area contributed by atoms with Gasteiger partial charge in [0.1, 0.15) is 5.75 Å². The molecule has 2 aromatic rings. The predicted octanol–water partition coefficient (Wildman–Crippen LogP) is 3.73. The predicted molar refractivity (Wildman–Crippen MR) is 89.2 cm³/mol. The minimum Gasteiger partial charge on any atom is -0.496 e. The largest absolute Gasteiger partial charge is 0.496 e. The number of carbonyl (C=O) groups excluding carboxylic acids is 1. The molecule has 0 unspecified atom stereocenters. The first kappa shape index (κ1) is 16.1. The molecule has 0 spiro atoms. The van der Waals surface area contributed by atoms with E-state index in [9.17, 15) is 4.79 Å². The van der Waals surface area contributed by atoms with Gasteiger partial charge in [-0.05, 0) is 38.0 Å². The molecule has 2 aromatic carbocycles. The maximum absolute atomic E-state index is 12.3. The Morgan fingerprint density at radius 1 is 1.18 bits per heavy atom. The lowest BCUT2D eigenvalue weighted by molar-refractivity contribution is -0.121. The minimum atomic E-state index is -0.0913. The summed E-state index contributed by atoms with van der Waals surface area (Å²) in [6.07, 6.45) is 0.394. The molecule has 2 rings (SSSR count). The number of benzene rings is 2. The smallest absolute Gasteiger partial charge is 0.224 e. The molecule has 1 amide bonds. The highest BCUT2D eigenvalue weighted by Gasteiger charge is 2.15. The summed E-state index contributed by atoms with van der Waals surface area (Å²) in [5.74, 6) is 0.819. The van der Waals surface area contributed by atoms with Gasteiger partial charge < -0.3 is 10.1 Å². The number of hydrogen-bond donors (Lipinski definition) is 1. The fraction of sp³-hybridized carbons (Fsp3) is 0.316. The lowest BCUT2D eigenvalue weighted by Crippen LogP contribution is -2.28. The summed E-state index contributed by atoms with van der Waals surface area (Å²) >= 11 is 0. The molecule has 3 heteroatoms. The molecule has 0 aromatic heterocycles. The second kappa shape index (κ2) is 7.12. The lowest BCUT2D eigenvalue weighted by atomic mass is 10.0. The fourth-order valence-corrected chi connectivity index (χ4v) is 2.54. The summed E-state index contributed by atoms with van der Waals surface area (Å²) in [6, 6.07) is 13.9.